The van der Waals surface area contributed by atoms with E-state index in [1.807, 2.05) is 6.92 Å². The van der Waals surface area contributed by atoms with Crippen molar-refractivity contribution in [2.75, 3.05) is 12.4 Å². The summed E-state index contributed by atoms with van der Waals surface area (Å²) in [6, 6.07) is 6.51. The molecule has 2 aromatic rings. The number of aromatic nitrogens is 1. The van der Waals surface area contributed by atoms with Gasteiger partial charge in [-0.15, -0.1) is 0 Å². The maximum atomic E-state index is 11.7. The summed E-state index contributed by atoms with van der Waals surface area (Å²) in [6.45, 7) is 1.82. The van der Waals surface area contributed by atoms with Gasteiger partial charge in [-0.3, -0.25) is 4.79 Å². The maximum Gasteiger partial charge on any atom is 0.338 e. The number of hydrogen-bond acceptors (Lipinski definition) is 5. The van der Waals surface area contributed by atoms with Crippen molar-refractivity contribution in [3.8, 4) is 0 Å². The summed E-state index contributed by atoms with van der Waals surface area (Å²) in [5.41, 5.74) is 0.313. The normalized spacial score (nSPS) is 10.6. The number of hydrogen-bond donors (Lipinski definition) is 1. The summed E-state index contributed by atoms with van der Waals surface area (Å²) in [4.78, 5) is 27.1. The third-order valence-electron chi connectivity index (χ3n) is 2.59. The summed E-state index contributed by atoms with van der Waals surface area (Å²) in [7, 11) is 1.29. The number of anilines is 1. The smallest absolute Gasteiger partial charge is 0.338 e. The minimum Gasteiger partial charge on any atom is -0.465 e. The van der Waals surface area contributed by atoms with E-state index in [9.17, 15) is 9.59 Å². The number of ether oxygens (including phenoxy) is 1. The number of nitrogens with one attached hydrogen (secondary N) is 1. The standard InChI is InChI=1S/C15H14N2O4/c1-10-3-4-12(21-10)5-6-14(18)17-13-9-11(7-8-16-13)15(19)20-2/h3-9H,1-2H3,(H,16,17,18). The van der Waals surface area contributed by atoms with Gasteiger partial charge < -0.3 is 14.5 Å². The minimum absolute atomic E-state index is 0.267. The lowest BCUT2D eigenvalue weighted by Gasteiger charge is -2.03. The van der Waals surface area contributed by atoms with Crippen LogP contribution in [0.1, 0.15) is 21.9 Å². The first-order chi connectivity index (χ1) is 10.1. The van der Waals surface area contributed by atoms with Crippen LogP contribution in [0.5, 0.6) is 0 Å². The first-order valence-electron chi connectivity index (χ1n) is 6.18. The zero-order valence-electron chi connectivity index (χ0n) is 11.6. The van der Waals surface area contributed by atoms with Gasteiger partial charge in [-0.1, -0.05) is 0 Å². The van der Waals surface area contributed by atoms with Gasteiger partial charge in [0.1, 0.15) is 17.3 Å². The van der Waals surface area contributed by atoms with E-state index in [0.29, 0.717) is 11.3 Å². The minimum atomic E-state index is -0.491. The first-order valence-corrected chi connectivity index (χ1v) is 6.18. The lowest BCUT2D eigenvalue weighted by atomic mass is 10.2. The Morgan fingerprint density at radius 1 is 1.33 bits per heavy atom. The van der Waals surface area contributed by atoms with Crippen LogP contribution in [0.25, 0.3) is 6.08 Å². The van der Waals surface area contributed by atoms with E-state index in [-0.39, 0.29) is 11.7 Å². The van der Waals surface area contributed by atoms with Gasteiger partial charge in [0.25, 0.3) is 0 Å². The van der Waals surface area contributed by atoms with Gasteiger partial charge in [-0.25, -0.2) is 9.78 Å². The number of esters is 1. The van der Waals surface area contributed by atoms with Crippen LogP contribution in [-0.2, 0) is 9.53 Å². The Morgan fingerprint density at radius 2 is 2.14 bits per heavy atom. The fourth-order valence-electron chi connectivity index (χ4n) is 1.61. The highest BCUT2D eigenvalue weighted by Crippen LogP contribution is 2.10. The Kier molecular flexibility index (Phi) is 4.50. The number of pyridine rings is 1. The molecule has 0 fully saturated rings. The van der Waals surface area contributed by atoms with Crippen LogP contribution in [0.3, 0.4) is 0 Å². The molecule has 6 nitrogen and oxygen atoms in total. The van der Waals surface area contributed by atoms with Crippen LogP contribution in [0.2, 0.25) is 0 Å². The molecular weight excluding hydrogens is 272 g/mol. The molecule has 0 unspecified atom stereocenters. The van der Waals surface area contributed by atoms with Gasteiger partial charge in [0.05, 0.1) is 12.7 Å². The van der Waals surface area contributed by atoms with Crippen LogP contribution in [0.4, 0.5) is 5.82 Å². The Hall–Kier alpha value is -2.89. The van der Waals surface area contributed by atoms with Gasteiger partial charge in [0, 0.05) is 12.3 Å². The molecule has 6 heteroatoms. The molecule has 0 aliphatic heterocycles. The molecule has 1 amide bonds. The van der Waals surface area contributed by atoms with E-state index in [4.69, 9.17) is 4.42 Å². The fraction of sp³-hybridized carbons (Fsp3) is 0.133. The van der Waals surface area contributed by atoms with Crippen molar-refractivity contribution in [2.24, 2.45) is 0 Å². The highest BCUT2D eigenvalue weighted by Gasteiger charge is 2.07. The molecular formula is C15H14N2O4. The Morgan fingerprint density at radius 3 is 2.81 bits per heavy atom. The molecule has 0 spiro atoms. The van der Waals surface area contributed by atoms with Gasteiger partial charge >= 0.3 is 5.97 Å². The molecule has 2 aromatic heterocycles. The molecule has 2 rings (SSSR count). The Labute approximate surface area is 121 Å². The zero-order valence-corrected chi connectivity index (χ0v) is 11.6. The molecule has 0 aliphatic carbocycles. The number of furan rings is 1. The lowest BCUT2D eigenvalue weighted by Crippen LogP contribution is -2.10. The molecule has 0 aliphatic rings. The van der Waals surface area contributed by atoms with Crippen molar-refractivity contribution in [2.45, 2.75) is 6.92 Å². The van der Waals surface area contributed by atoms with E-state index < -0.39 is 5.97 Å². The van der Waals surface area contributed by atoms with Crippen molar-refractivity contribution in [1.82, 2.24) is 4.98 Å². The number of rotatable bonds is 4. The van der Waals surface area contributed by atoms with Crippen molar-refractivity contribution in [3.63, 3.8) is 0 Å². The maximum absolute atomic E-state index is 11.7. The van der Waals surface area contributed by atoms with E-state index in [1.165, 1.54) is 31.5 Å². The summed E-state index contributed by atoms with van der Waals surface area (Å²) >= 11 is 0. The van der Waals surface area contributed by atoms with Crippen LogP contribution in [0, 0.1) is 6.92 Å². The van der Waals surface area contributed by atoms with E-state index in [0.717, 1.165) is 5.76 Å². The number of carbonyl (C=O) groups is 2. The van der Waals surface area contributed by atoms with Crippen LogP contribution >= 0.6 is 0 Å². The second-order valence-electron chi connectivity index (χ2n) is 4.19. The van der Waals surface area contributed by atoms with Crippen molar-refractivity contribution >= 4 is 23.8 Å². The lowest BCUT2D eigenvalue weighted by molar-refractivity contribution is -0.111. The Balaban J connectivity index is 2.02. The number of aryl methyl sites for hydroxylation is 1. The van der Waals surface area contributed by atoms with Crippen LogP contribution < -0.4 is 5.32 Å². The third kappa shape index (κ3) is 4.04. The average molecular weight is 286 g/mol. The van der Waals surface area contributed by atoms with Crippen LogP contribution in [0.15, 0.2) is 41.0 Å². The molecule has 0 atom stereocenters. The summed E-state index contributed by atoms with van der Waals surface area (Å²) < 4.78 is 9.90. The van der Waals surface area contributed by atoms with Crippen molar-refractivity contribution in [1.29, 1.82) is 0 Å². The first kappa shape index (κ1) is 14.5. The fourth-order valence-corrected chi connectivity index (χ4v) is 1.61. The molecule has 0 saturated carbocycles. The second-order valence-corrected chi connectivity index (χ2v) is 4.19. The van der Waals surface area contributed by atoms with E-state index in [2.05, 4.69) is 15.0 Å². The van der Waals surface area contributed by atoms with Gasteiger partial charge in [0.15, 0.2) is 0 Å². The molecule has 1 N–H and O–H groups in total. The molecule has 2 heterocycles. The summed E-state index contributed by atoms with van der Waals surface area (Å²) in [5, 5.41) is 2.55. The average Bonchev–Trinajstić information content (AvgIpc) is 2.90. The molecule has 0 saturated heterocycles. The molecule has 0 bridgehead atoms. The van der Waals surface area contributed by atoms with Crippen LogP contribution in [-0.4, -0.2) is 24.0 Å². The highest BCUT2D eigenvalue weighted by atomic mass is 16.5. The Bertz CT molecular complexity index is 688. The molecule has 108 valence electrons. The van der Waals surface area contributed by atoms with Gasteiger partial charge in [-0.05, 0) is 37.3 Å². The highest BCUT2D eigenvalue weighted by molar-refractivity contribution is 6.01. The number of carbonyl (C=O) groups excluding carboxylic acids is 2. The number of nitrogens with zero attached hydrogens (tertiary/aromatic N) is 1. The van der Waals surface area contributed by atoms with E-state index in [1.54, 1.807) is 18.2 Å². The predicted octanol–water partition coefficient (Wildman–Crippen LogP) is 2.42. The quantitative estimate of drug-likeness (QED) is 0.689. The zero-order chi connectivity index (χ0) is 15.2. The SMILES string of the molecule is COC(=O)c1ccnc(NC(=O)C=Cc2ccc(C)o2)c1. The molecule has 0 aromatic carbocycles. The molecule has 21 heavy (non-hydrogen) atoms. The van der Waals surface area contributed by atoms with Crippen molar-refractivity contribution in [3.05, 3.63) is 53.6 Å². The summed E-state index contributed by atoms with van der Waals surface area (Å²) in [6.07, 6.45) is 4.29. The van der Waals surface area contributed by atoms with E-state index >= 15 is 0 Å². The van der Waals surface area contributed by atoms with Gasteiger partial charge in [-0.2, -0.15) is 0 Å². The summed E-state index contributed by atoms with van der Waals surface area (Å²) in [5.74, 6) is 0.748. The monoisotopic (exact) mass is 286 g/mol. The predicted molar refractivity (Wildman–Crippen MR) is 76.7 cm³/mol. The third-order valence-corrected chi connectivity index (χ3v) is 2.59. The van der Waals surface area contributed by atoms with Crippen molar-refractivity contribution < 1.29 is 18.7 Å². The van der Waals surface area contributed by atoms with Gasteiger partial charge in [0.2, 0.25) is 5.91 Å². The number of amides is 1. The second kappa shape index (κ2) is 6.51. The number of methoxy groups -OCH3 is 1. The largest absolute Gasteiger partial charge is 0.465 e. The molecule has 0 radical (unpaired) electrons. The topological polar surface area (TPSA) is 81.4 Å².